The lowest BCUT2D eigenvalue weighted by molar-refractivity contribution is -0.141. The molecule has 1 saturated carbocycles. The number of benzene rings is 1. The highest BCUT2D eigenvalue weighted by molar-refractivity contribution is 5.98. The number of aromatic nitrogens is 1. The predicted octanol–water partition coefficient (Wildman–Crippen LogP) is 4.29. The van der Waals surface area contributed by atoms with Crippen molar-refractivity contribution >= 4 is 29.9 Å². The van der Waals surface area contributed by atoms with Gasteiger partial charge in [0.2, 0.25) is 17.7 Å². The molecule has 0 spiro atoms. The minimum Gasteiger partial charge on any atom is -0.444 e. The molecule has 3 N–H and O–H groups in total. The summed E-state index contributed by atoms with van der Waals surface area (Å²) in [6, 6.07) is 6.32. The first-order valence-electron chi connectivity index (χ1n) is 18.5. The van der Waals surface area contributed by atoms with E-state index in [2.05, 4.69) is 20.9 Å². The molecule has 6 rings (SSSR count). The number of nitrogens with zero attached hydrogens (tertiary/aromatic N) is 3. The second-order valence-corrected chi connectivity index (χ2v) is 15.4. The molecular formula is C39H49FN6O7. The molecule has 5 amide bonds. The number of amides is 5. The van der Waals surface area contributed by atoms with Gasteiger partial charge in [-0.2, -0.15) is 0 Å². The van der Waals surface area contributed by atoms with Gasteiger partial charge < -0.3 is 30.3 Å². The minimum absolute atomic E-state index is 0.0299. The fourth-order valence-electron chi connectivity index (χ4n) is 7.37. The summed E-state index contributed by atoms with van der Waals surface area (Å²) < 4.78 is 25.8. The van der Waals surface area contributed by atoms with Gasteiger partial charge in [-0.1, -0.05) is 37.1 Å². The van der Waals surface area contributed by atoms with Crippen molar-refractivity contribution < 1.29 is 37.8 Å². The third kappa shape index (κ3) is 9.14. The quantitative estimate of drug-likeness (QED) is 0.371. The van der Waals surface area contributed by atoms with Crippen LogP contribution in [0.2, 0.25) is 0 Å². The topological polar surface area (TPSA) is 159 Å². The second-order valence-electron chi connectivity index (χ2n) is 15.4. The molecule has 1 saturated heterocycles. The van der Waals surface area contributed by atoms with Crippen LogP contribution < -0.4 is 16.0 Å². The summed E-state index contributed by atoms with van der Waals surface area (Å²) >= 11 is 0. The molecule has 0 radical (unpaired) electrons. The van der Waals surface area contributed by atoms with E-state index in [9.17, 15) is 28.4 Å². The molecule has 13 nitrogen and oxygen atoms in total. The molecule has 1 aromatic carbocycles. The molecule has 5 atom stereocenters. The summed E-state index contributed by atoms with van der Waals surface area (Å²) in [5.41, 5.74) is 0.0976. The first kappa shape index (κ1) is 37.7. The van der Waals surface area contributed by atoms with E-state index in [1.54, 1.807) is 45.3 Å². The van der Waals surface area contributed by atoms with E-state index in [0.717, 1.165) is 24.8 Å². The Bertz CT molecular complexity index is 1730. The van der Waals surface area contributed by atoms with Crippen LogP contribution in [0.4, 0.5) is 14.0 Å². The van der Waals surface area contributed by atoms with Crippen molar-refractivity contribution in [2.75, 3.05) is 13.1 Å². The van der Waals surface area contributed by atoms with Crippen molar-refractivity contribution in [2.45, 2.75) is 115 Å². The molecule has 2 aromatic rings. The van der Waals surface area contributed by atoms with E-state index in [-0.39, 0.29) is 37.9 Å². The number of carbonyl (C=O) groups is 5. The number of allylic oxidation sites excluding steroid dienone is 1. The lowest BCUT2D eigenvalue weighted by atomic mass is 10.0. The Labute approximate surface area is 309 Å². The molecule has 4 aliphatic rings. The van der Waals surface area contributed by atoms with Gasteiger partial charge in [-0.15, -0.1) is 0 Å². The summed E-state index contributed by atoms with van der Waals surface area (Å²) in [6.45, 7) is 5.62. The third-order valence-corrected chi connectivity index (χ3v) is 10.2. The number of hydrogen-bond acceptors (Lipinski definition) is 8. The predicted molar refractivity (Wildman–Crippen MR) is 191 cm³/mol. The summed E-state index contributed by atoms with van der Waals surface area (Å²) in [6.07, 6.45) is 9.32. The average Bonchev–Trinajstić information content (AvgIpc) is 3.40. The molecule has 2 fully saturated rings. The molecule has 4 heterocycles. The number of nitrogens with one attached hydrogen (secondary N) is 3. The van der Waals surface area contributed by atoms with Gasteiger partial charge >= 0.3 is 12.2 Å². The maximum Gasteiger partial charge on any atom is 0.410 e. The van der Waals surface area contributed by atoms with Gasteiger partial charge in [0.05, 0.1) is 13.1 Å². The normalized spacial score (nSPS) is 25.9. The van der Waals surface area contributed by atoms with Gasteiger partial charge in [0, 0.05) is 43.4 Å². The Morgan fingerprint density at radius 2 is 1.87 bits per heavy atom. The van der Waals surface area contributed by atoms with Crippen LogP contribution in [-0.4, -0.2) is 87.1 Å². The van der Waals surface area contributed by atoms with Crippen LogP contribution >= 0.6 is 0 Å². The molecule has 1 aromatic heterocycles. The van der Waals surface area contributed by atoms with E-state index in [0.29, 0.717) is 43.4 Å². The summed E-state index contributed by atoms with van der Waals surface area (Å²) in [7, 11) is 0. The van der Waals surface area contributed by atoms with E-state index in [4.69, 9.17) is 9.47 Å². The number of pyridine rings is 1. The first-order valence-corrected chi connectivity index (χ1v) is 18.5. The highest BCUT2D eigenvalue weighted by atomic mass is 19.1. The van der Waals surface area contributed by atoms with Crippen LogP contribution in [0.1, 0.15) is 82.4 Å². The van der Waals surface area contributed by atoms with E-state index < -0.39 is 59.1 Å². The number of carbonyl (C=O) groups excluding carboxylic acids is 5. The van der Waals surface area contributed by atoms with E-state index in [1.165, 1.54) is 15.9 Å². The van der Waals surface area contributed by atoms with Crippen LogP contribution in [0.15, 0.2) is 54.9 Å². The smallest absolute Gasteiger partial charge is 0.410 e. The highest BCUT2D eigenvalue weighted by Gasteiger charge is 2.61. The largest absolute Gasteiger partial charge is 0.444 e. The fraction of sp³-hybridized carbons (Fsp3) is 0.538. The van der Waals surface area contributed by atoms with Crippen molar-refractivity contribution in [1.82, 2.24) is 30.7 Å². The Morgan fingerprint density at radius 1 is 1.08 bits per heavy atom. The Kier molecular flexibility index (Phi) is 11.3. The number of hydrogen-bond donors (Lipinski definition) is 3. The third-order valence-electron chi connectivity index (χ3n) is 10.2. The highest BCUT2D eigenvalue weighted by Crippen LogP contribution is 2.45. The molecule has 53 heavy (non-hydrogen) atoms. The zero-order valence-corrected chi connectivity index (χ0v) is 30.6. The first-order chi connectivity index (χ1) is 25.3. The number of alkyl carbamates (subject to hydrolysis) is 1. The second kappa shape index (κ2) is 15.9. The number of halogens is 1. The van der Waals surface area contributed by atoms with Gasteiger partial charge in [-0.3, -0.25) is 24.3 Å². The molecule has 1 aliphatic carbocycles. The molecule has 284 valence electrons. The molecule has 0 bridgehead atoms. The van der Waals surface area contributed by atoms with E-state index in [1.807, 2.05) is 24.3 Å². The van der Waals surface area contributed by atoms with Gasteiger partial charge in [0.15, 0.2) is 0 Å². The summed E-state index contributed by atoms with van der Waals surface area (Å²) in [5.74, 6) is -2.03. The number of rotatable bonds is 6. The average molecular weight is 733 g/mol. The van der Waals surface area contributed by atoms with Crippen LogP contribution in [-0.2, 0) is 43.4 Å². The van der Waals surface area contributed by atoms with Crippen molar-refractivity contribution in [3.8, 4) is 0 Å². The van der Waals surface area contributed by atoms with Gasteiger partial charge in [0.25, 0.3) is 0 Å². The zero-order valence-electron chi connectivity index (χ0n) is 30.6. The van der Waals surface area contributed by atoms with Crippen LogP contribution in [0.25, 0.3) is 0 Å². The summed E-state index contributed by atoms with van der Waals surface area (Å²) in [4.78, 5) is 75.5. The Hall–Kier alpha value is -5.01. The molecule has 14 heteroatoms. The lowest BCUT2D eigenvalue weighted by Crippen LogP contribution is -2.58. The van der Waals surface area contributed by atoms with Crippen molar-refractivity contribution in [3.05, 3.63) is 77.4 Å². The van der Waals surface area contributed by atoms with Crippen molar-refractivity contribution in [3.63, 3.8) is 0 Å². The van der Waals surface area contributed by atoms with Crippen LogP contribution in [0.3, 0.4) is 0 Å². The SMILES string of the molecule is CC(C)(C)OC(=O)NC1CCCCCC=CC2CC2(C(=O)NCCc2ccncc2)NC(=O)[C@@H]2CC(OC(=O)N3Cc4cccc(F)c4C3)CN2C1=O. The maximum atomic E-state index is 14.4. The number of fused-ring (bicyclic) bond motifs is 3. The minimum atomic E-state index is -1.21. The monoisotopic (exact) mass is 732 g/mol. The van der Waals surface area contributed by atoms with Gasteiger partial charge in [-0.25, -0.2) is 14.0 Å². The lowest BCUT2D eigenvalue weighted by Gasteiger charge is -2.30. The van der Waals surface area contributed by atoms with E-state index >= 15 is 0 Å². The Balaban J connectivity index is 1.22. The van der Waals surface area contributed by atoms with Crippen molar-refractivity contribution in [1.29, 1.82) is 0 Å². The van der Waals surface area contributed by atoms with Crippen molar-refractivity contribution in [2.24, 2.45) is 5.92 Å². The van der Waals surface area contributed by atoms with Crippen LogP contribution in [0, 0.1) is 11.7 Å². The zero-order chi connectivity index (χ0) is 37.8. The van der Waals surface area contributed by atoms with Gasteiger partial charge in [0.1, 0.15) is 35.1 Å². The fourth-order valence-corrected chi connectivity index (χ4v) is 7.37. The molecule has 4 unspecified atom stereocenters. The van der Waals surface area contributed by atoms with Gasteiger partial charge in [-0.05, 0) is 82.2 Å². The Morgan fingerprint density at radius 3 is 2.62 bits per heavy atom. The molecule has 3 aliphatic heterocycles. The molecular weight excluding hydrogens is 683 g/mol. The maximum absolute atomic E-state index is 14.4. The standard InChI is InChI=1S/C39H49FN6O7/c1-38(2,3)53-36(50)43-31-13-8-6-4-5-7-11-27-21-39(27,35(49)42-19-16-25-14-17-41-18-15-25)44-33(47)32-20-28(23-46(32)34(31)48)52-37(51)45-22-26-10-9-12-30(40)29(26)24-45/h7,9-12,14-15,17-18,27-28,31-32H,4-6,8,13,16,19-24H2,1-3H3,(H,42,49)(H,43,50)(H,44,47)/t27?,28?,31?,32-,39?/m0/s1. The number of ether oxygens (including phenoxy) is 2. The summed E-state index contributed by atoms with van der Waals surface area (Å²) in [5, 5.41) is 8.71. The van der Waals surface area contributed by atoms with Crippen LogP contribution in [0.5, 0.6) is 0 Å².